The van der Waals surface area contributed by atoms with E-state index in [4.69, 9.17) is 5.26 Å². The molecule has 2 aliphatic rings. The number of unbranched alkanes of at least 4 members (excludes halogenated alkanes) is 1. The molecule has 0 amide bonds. The second kappa shape index (κ2) is 10.1. The number of allylic oxidation sites excluding steroid dienone is 2. The zero-order chi connectivity index (χ0) is 16.5. The van der Waals surface area contributed by atoms with Gasteiger partial charge in [0.2, 0.25) is 0 Å². The summed E-state index contributed by atoms with van der Waals surface area (Å²) in [4.78, 5) is 0. The maximum atomic E-state index is 13.0. The van der Waals surface area contributed by atoms with Crippen LogP contribution in [-0.4, -0.2) is 0 Å². The molecule has 0 heterocycles. The van der Waals surface area contributed by atoms with Crippen molar-refractivity contribution in [1.29, 1.82) is 5.26 Å². The number of halogens is 1. The van der Waals surface area contributed by atoms with E-state index >= 15 is 0 Å². The highest BCUT2D eigenvalue weighted by molar-refractivity contribution is 5.13. The van der Waals surface area contributed by atoms with Crippen LogP contribution in [0, 0.1) is 35.0 Å². The minimum atomic E-state index is -0.590. The molecule has 0 N–H and O–H groups in total. The Morgan fingerprint density at radius 3 is 1.87 bits per heavy atom. The molecule has 2 rings (SSSR count). The van der Waals surface area contributed by atoms with E-state index in [0.29, 0.717) is 5.92 Å². The van der Waals surface area contributed by atoms with Crippen LogP contribution in [0.1, 0.15) is 90.4 Å². The summed E-state index contributed by atoms with van der Waals surface area (Å²) in [5.41, 5.74) is 0. The van der Waals surface area contributed by atoms with Crippen molar-refractivity contribution in [2.24, 2.45) is 23.7 Å². The molecule has 23 heavy (non-hydrogen) atoms. The number of nitrogens with zero attached hydrogens (tertiary/aromatic N) is 1. The van der Waals surface area contributed by atoms with Crippen molar-refractivity contribution in [3.05, 3.63) is 11.9 Å². The second-order valence-corrected chi connectivity index (χ2v) is 8.01. The molecule has 0 unspecified atom stereocenters. The van der Waals surface area contributed by atoms with Gasteiger partial charge in [0.1, 0.15) is 6.07 Å². The molecule has 0 spiro atoms. The Morgan fingerprint density at radius 1 is 0.913 bits per heavy atom. The predicted molar refractivity (Wildman–Crippen MR) is 94.5 cm³/mol. The van der Waals surface area contributed by atoms with Crippen LogP contribution in [-0.2, 0) is 0 Å². The van der Waals surface area contributed by atoms with Crippen LogP contribution in [0.25, 0.3) is 0 Å². The zero-order valence-corrected chi connectivity index (χ0v) is 14.9. The highest BCUT2D eigenvalue weighted by Gasteiger charge is 2.24. The summed E-state index contributed by atoms with van der Waals surface area (Å²) in [7, 11) is 0. The normalized spacial score (nSPS) is 32.5. The summed E-state index contributed by atoms with van der Waals surface area (Å²) in [6.45, 7) is 2.30. The smallest absolute Gasteiger partial charge is 0.195 e. The first-order valence-electron chi connectivity index (χ1n) is 9.98. The van der Waals surface area contributed by atoms with Crippen molar-refractivity contribution in [2.45, 2.75) is 90.4 Å². The molecule has 0 atom stereocenters. The van der Waals surface area contributed by atoms with E-state index in [9.17, 15) is 4.39 Å². The lowest BCUT2D eigenvalue weighted by atomic mass is 9.75. The molecule has 1 nitrogen and oxygen atoms in total. The van der Waals surface area contributed by atoms with Crippen molar-refractivity contribution in [3.63, 3.8) is 0 Å². The molecule has 2 saturated carbocycles. The van der Waals surface area contributed by atoms with Gasteiger partial charge in [0.05, 0.1) is 0 Å². The minimum absolute atomic E-state index is 0.305. The van der Waals surface area contributed by atoms with Crippen LogP contribution in [0.15, 0.2) is 11.9 Å². The Labute approximate surface area is 142 Å². The van der Waals surface area contributed by atoms with Gasteiger partial charge in [-0.15, -0.1) is 0 Å². The molecule has 2 heteroatoms. The predicted octanol–water partition coefficient (Wildman–Crippen LogP) is 6.95. The fourth-order valence-corrected chi connectivity index (χ4v) is 4.66. The van der Waals surface area contributed by atoms with Gasteiger partial charge in [-0.25, -0.2) is 0 Å². The Kier molecular flexibility index (Phi) is 8.13. The molecule has 0 aromatic heterocycles. The van der Waals surface area contributed by atoms with Gasteiger partial charge in [-0.3, -0.25) is 0 Å². The first kappa shape index (κ1) is 18.5. The van der Waals surface area contributed by atoms with Crippen LogP contribution < -0.4 is 0 Å². The fourth-order valence-electron chi connectivity index (χ4n) is 4.66. The van der Waals surface area contributed by atoms with Gasteiger partial charge in [0.25, 0.3) is 0 Å². The average Bonchev–Trinajstić information content (AvgIpc) is 2.60. The van der Waals surface area contributed by atoms with E-state index in [1.807, 2.05) is 0 Å². The highest BCUT2D eigenvalue weighted by atomic mass is 19.1. The van der Waals surface area contributed by atoms with Crippen molar-refractivity contribution in [2.75, 3.05) is 0 Å². The Bertz CT molecular complexity index is 393. The average molecular weight is 320 g/mol. The molecular weight excluding hydrogens is 285 g/mol. The quantitative estimate of drug-likeness (QED) is 0.466. The monoisotopic (exact) mass is 319 g/mol. The van der Waals surface area contributed by atoms with Crippen molar-refractivity contribution in [1.82, 2.24) is 0 Å². The molecule has 2 fully saturated rings. The van der Waals surface area contributed by atoms with E-state index in [1.54, 1.807) is 12.1 Å². The molecule has 0 bridgehead atoms. The van der Waals surface area contributed by atoms with Crippen LogP contribution in [0.3, 0.4) is 0 Å². The summed E-state index contributed by atoms with van der Waals surface area (Å²) in [6, 6.07) is 1.60. The SMILES string of the molecule is CCCC[C@H]1CC[C@H](CC[C@H]2CC[C@H](/C=C(/F)C#N)CC2)CC1. The summed E-state index contributed by atoms with van der Waals surface area (Å²) < 4.78 is 13.0. The Balaban J connectivity index is 1.59. The summed E-state index contributed by atoms with van der Waals surface area (Å²) >= 11 is 0. The molecular formula is C21H34FN. The first-order valence-corrected chi connectivity index (χ1v) is 9.98. The van der Waals surface area contributed by atoms with Crippen LogP contribution in [0.4, 0.5) is 4.39 Å². The topological polar surface area (TPSA) is 23.8 Å². The fraction of sp³-hybridized carbons (Fsp3) is 0.857. The van der Waals surface area contributed by atoms with Gasteiger partial charge >= 0.3 is 0 Å². The lowest BCUT2D eigenvalue weighted by molar-refractivity contribution is 0.219. The second-order valence-electron chi connectivity index (χ2n) is 8.01. The van der Waals surface area contributed by atoms with E-state index in [0.717, 1.165) is 30.6 Å². The number of rotatable bonds is 7. The highest BCUT2D eigenvalue weighted by Crippen LogP contribution is 2.38. The molecule has 130 valence electrons. The number of hydrogen-bond acceptors (Lipinski definition) is 1. The van der Waals surface area contributed by atoms with E-state index in [1.165, 1.54) is 70.6 Å². The molecule has 0 aliphatic heterocycles. The number of hydrogen-bond donors (Lipinski definition) is 0. The van der Waals surface area contributed by atoms with Crippen molar-refractivity contribution < 1.29 is 4.39 Å². The standard InChI is InChI=1S/C21H34FN/c1-2-3-4-17-5-7-18(8-6-17)9-10-19-11-13-20(14-12-19)15-21(22)16-23/h15,17-20H,2-14H2,1H3/b21-15+/t17-,18-,19-,20-. The summed E-state index contributed by atoms with van der Waals surface area (Å²) in [5.74, 6) is 2.56. The molecule has 0 radical (unpaired) electrons. The van der Waals surface area contributed by atoms with Gasteiger partial charge in [0.15, 0.2) is 5.83 Å². The largest absolute Gasteiger partial charge is 0.196 e. The third-order valence-electron chi connectivity index (χ3n) is 6.30. The van der Waals surface area contributed by atoms with E-state index < -0.39 is 5.83 Å². The van der Waals surface area contributed by atoms with Gasteiger partial charge in [-0.1, -0.05) is 64.7 Å². The van der Waals surface area contributed by atoms with Crippen molar-refractivity contribution >= 4 is 0 Å². The Hall–Kier alpha value is -0.840. The van der Waals surface area contributed by atoms with Gasteiger partial charge in [-0.2, -0.15) is 9.65 Å². The van der Waals surface area contributed by atoms with Crippen LogP contribution in [0.5, 0.6) is 0 Å². The number of nitriles is 1. The van der Waals surface area contributed by atoms with Gasteiger partial charge in [-0.05, 0) is 55.4 Å². The lowest BCUT2D eigenvalue weighted by Crippen LogP contribution is -2.17. The lowest BCUT2D eigenvalue weighted by Gasteiger charge is -2.31. The molecule has 0 saturated heterocycles. The Morgan fingerprint density at radius 2 is 1.39 bits per heavy atom. The van der Waals surface area contributed by atoms with Crippen LogP contribution in [0.2, 0.25) is 0 Å². The maximum Gasteiger partial charge on any atom is 0.196 e. The maximum absolute atomic E-state index is 13.0. The van der Waals surface area contributed by atoms with E-state index in [-0.39, 0.29) is 0 Å². The third-order valence-corrected chi connectivity index (χ3v) is 6.30. The van der Waals surface area contributed by atoms with Crippen molar-refractivity contribution in [3.8, 4) is 6.07 Å². The summed E-state index contributed by atoms with van der Waals surface area (Å²) in [5, 5.41) is 8.52. The molecule has 2 aliphatic carbocycles. The van der Waals surface area contributed by atoms with Gasteiger partial charge < -0.3 is 0 Å². The first-order chi connectivity index (χ1) is 11.2. The summed E-state index contributed by atoms with van der Waals surface area (Å²) in [6.07, 6.45) is 19.0. The van der Waals surface area contributed by atoms with E-state index in [2.05, 4.69) is 6.92 Å². The zero-order valence-electron chi connectivity index (χ0n) is 14.9. The van der Waals surface area contributed by atoms with Gasteiger partial charge in [0, 0.05) is 0 Å². The molecule has 0 aromatic carbocycles. The van der Waals surface area contributed by atoms with Crippen LogP contribution >= 0.6 is 0 Å². The third kappa shape index (κ3) is 6.66. The minimum Gasteiger partial charge on any atom is -0.195 e. The molecule has 0 aromatic rings.